The highest BCUT2D eigenvalue weighted by atomic mass is 16.7. The molecule has 1 atom stereocenters. The van der Waals surface area contributed by atoms with Gasteiger partial charge in [-0.15, -0.1) is 5.06 Å². The first kappa shape index (κ1) is 26.9. The fourth-order valence-corrected chi connectivity index (χ4v) is 3.24. The molecule has 0 bridgehead atoms. The van der Waals surface area contributed by atoms with Crippen molar-refractivity contribution >= 4 is 18.0 Å². The molecule has 0 heterocycles. The normalized spacial score (nSPS) is 12.0. The van der Waals surface area contributed by atoms with Crippen LogP contribution in [0.15, 0.2) is 60.7 Å². The molecule has 0 saturated carbocycles. The fraction of sp³-hybridized carbons (Fsp3) is 0.423. The van der Waals surface area contributed by atoms with Gasteiger partial charge in [-0.3, -0.25) is 4.79 Å². The minimum absolute atomic E-state index is 0.0723. The quantitative estimate of drug-likeness (QED) is 0.389. The predicted molar refractivity (Wildman–Crippen MR) is 128 cm³/mol. The Balaban J connectivity index is 2.10. The van der Waals surface area contributed by atoms with E-state index in [0.717, 1.165) is 12.0 Å². The van der Waals surface area contributed by atoms with Crippen LogP contribution in [0, 0.1) is 0 Å². The van der Waals surface area contributed by atoms with Crippen molar-refractivity contribution < 1.29 is 28.7 Å². The lowest BCUT2D eigenvalue weighted by molar-refractivity contribution is -0.175. The van der Waals surface area contributed by atoms with Crippen LogP contribution in [0.5, 0.6) is 0 Å². The molecule has 0 saturated heterocycles. The van der Waals surface area contributed by atoms with Gasteiger partial charge in [-0.1, -0.05) is 48.5 Å². The van der Waals surface area contributed by atoms with Crippen molar-refractivity contribution in [1.29, 1.82) is 0 Å². The van der Waals surface area contributed by atoms with E-state index in [-0.39, 0.29) is 13.1 Å². The van der Waals surface area contributed by atoms with Crippen LogP contribution in [0.25, 0.3) is 0 Å². The van der Waals surface area contributed by atoms with Crippen LogP contribution in [0.2, 0.25) is 0 Å². The van der Waals surface area contributed by atoms with E-state index in [9.17, 15) is 14.4 Å². The van der Waals surface area contributed by atoms with Crippen molar-refractivity contribution in [2.75, 3.05) is 20.2 Å². The van der Waals surface area contributed by atoms with Gasteiger partial charge in [0, 0.05) is 6.54 Å². The molecule has 8 heteroatoms. The number of alkyl carbamates (subject to hydrolysis) is 1. The molecule has 184 valence electrons. The summed E-state index contributed by atoms with van der Waals surface area (Å²) in [5, 5.41) is 3.91. The molecule has 0 spiro atoms. The Labute approximate surface area is 201 Å². The Hall–Kier alpha value is -3.39. The zero-order valence-corrected chi connectivity index (χ0v) is 20.3. The number of ether oxygens (including phenoxy) is 2. The number of carbonyl (C=O) groups is 3. The van der Waals surface area contributed by atoms with Gasteiger partial charge >= 0.3 is 18.0 Å². The van der Waals surface area contributed by atoms with Crippen molar-refractivity contribution in [1.82, 2.24) is 10.4 Å². The first-order valence-electron chi connectivity index (χ1n) is 11.3. The number of nitrogens with zero attached hydrogens (tertiary/aromatic N) is 1. The highest BCUT2D eigenvalue weighted by molar-refractivity contribution is 5.89. The average molecular weight is 471 g/mol. The zero-order valence-electron chi connectivity index (χ0n) is 20.3. The first-order valence-corrected chi connectivity index (χ1v) is 11.3. The van der Waals surface area contributed by atoms with Crippen LogP contribution in [-0.2, 0) is 25.5 Å². The molecule has 1 unspecified atom stereocenters. The van der Waals surface area contributed by atoms with Crippen molar-refractivity contribution in [3.8, 4) is 0 Å². The monoisotopic (exact) mass is 470 g/mol. The van der Waals surface area contributed by atoms with Crippen molar-refractivity contribution in [3.63, 3.8) is 0 Å². The molecule has 34 heavy (non-hydrogen) atoms. The van der Waals surface area contributed by atoms with Gasteiger partial charge in [-0.2, -0.15) is 0 Å². The molecule has 0 aliphatic carbocycles. The van der Waals surface area contributed by atoms with Gasteiger partial charge in [0.05, 0.1) is 19.2 Å². The van der Waals surface area contributed by atoms with Gasteiger partial charge in [0.1, 0.15) is 11.6 Å². The second-order valence-electron chi connectivity index (χ2n) is 8.73. The summed E-state index contributed by atoms with van der Waals surface area (Å²) in [6.45, 7) is 5.47. The maximum Gasteiger partial charge on any atom is 0.407 e. The SMILES string of the molecule is COC(=O)C(CCCc1ccccc1)N(CCNC(=O)OC(C)(C)C)OC(=O)c1ccccc1. The van der Waals surface area contributed by atoms with Crippen molar-refractivity contribution in [2.45, 2.75) is 51.7 Å². The molecular formula is C26H34N2O6. The molecule has 0 aliphatic rings. The molecule has 0 radical (unpaired) electrons. The molecule has 2 aromatic rings. The van der Waals surface area contributed by atoms with Gasteiger partial charge in [0.25, 0.3) is 0 Å². The Morgan fingerprint density at radius 3 is 2.18 bits per heavy atom. The van der Waals surface area contributed by atoms with Gasteiger partial charge in [0.2, 0.25) is 0 Å². The number of nitrogens with one attached hydrogen (secondary N) is 1. The summed E-state index contributed by atoms with van der Waals surface area (Å²) in [5.74, 6) is -1.12. The van der Waals surface area contributed by atoms with E-state index >= 15 is 0 Å². The molecule has 1 amide bonds. The molecule has 0 aromatic heterocycles. The number of amides is 1. The third-order valence-electron chi connectivity index (χ3n) is 4.82. The zero-order chi connectivity index (χ0) is 25.0. The summed E-state index contributed by atoms with van der Waals surface area (Å²) >= 11 is 0. The van der Waals surface area contributed by atoms with E-state index in [1.165, 1.54) is 12.2 Å². The van der Waals surface area contributed by atoms with Crippen molar-refractivity contribution in [3.05, 3.63) is 71.8 Å². The maximum atomic E-state index is 12.7. The number of hydrogen-bond acceptors (Lipinski definition) is 7. The Kier molecular flexibility index (Phi) is 10.5. The van der Waals surface area contributed by atoms with E-state index in [0.29, 0.717) is 18.4 Å². The summed E-state index contributed by atoms with van der Waals surface area (Å²) in [6.07, 6.45) is 1.23. The Morgan fingerprint density at radius 2 is 1.59 bits per heavy atom. The van der Waals surface area contributed by atoms with Gasteiger partial charge < -0.3 is 19.6 Å². The number of benzene rings is 2. The summed E-state index contributed by atoms with van der Waals surface area (Å²) in [4.78, 5) is 43.0. The molecule has 2 aromatic carbocycles. The second-order valence-corrected chi connectivity index (χ2v) is 8.73. The fourth-order valence-electron chi connectivity index (χ4n) is 3.24. The van der Waals surface area contributed by atoms with Crippen LogP contribution < -0.4 is 5.32 Å². The largest absolute Gasteiger partial charge is 0.468 e. The van der Waals surface area contributed by atoms with Crippen LogP contribution in [0.3, 0.4) is 0 Å². The lowest BCUT2D eigenvalue weighted by Gasteiger charge is -2.28. The Morgan fingerprint density at radius 1 is 0.971 bits per heavy atom. The molecular weight excluding hydrogens is 436 g/mol. The maximum absolute atomic E-state index is 12.7. The number of esters is 1. The third-order valence-corrected chi connectivity index (χ3v) is 4.82. The smallest absolute Gasteiger partial charge is 0.407 e. The van der Waals surface area contributed by atoms with E-state index in [1.54, 1.807) is 51.1 Å². The highest BCUT2D eigenvalue weighted by Gasteiger charge is 2.30. The van der Waals surface area contributed by atoms with Crippen LogP contribution >= 0.6 is 0 Å². The number of aryl methyl sites for hydroxylation is 1. The molecule has 8 nitrogen and oxygen atoms in total. The van der Waals surface area contributed by atoms with Gasteiger partial charge in [0.15, 0.2) is 0 Å². The molecule has 1 N–H and O–H groups in total. The number of hydrogen-bond donors (Lipinski definition) is 1. The third kappa shape index (κ3) is 9.62. The lowest BCUT2D eigenvalue weighted by atomic mass is 10.0. The van der Waals surface area contributed by atoms with E-state index in [1.807, 2.05) is 30.3 Å². The summed E-state index contributed by atoms with van der Waals surface area (Å²) in [6, 6.07) is 17.6. The van der Waals surface area contributed by atoms with Crippen LogP contribution in [0.1, 0.15) is 49.5 Å². The predicted octanol–water partition coefficient (Wildman–Crippen LogP) is 4.15. The number of rotatable bonds is 11. The lowest BCUT2D eigenvalue weighted by Crippen LogP contribution is -2.47. The first-order chi connectivity index (χ1) is 16.2. The van der Waals surface area contributed by atoms with Gasteiger partial charge in [-0.05, 0) is 57.7 Å². The highest BCUT2D eigenvalue weighted by Crippen LogP contribution is 2.15. The number of methoxy groups -OCH3 is 1. The summed E-state index contributed by atoms with van der Waals surface area (Å²) in [5.41, 5.74) is 0.848. The van der Waals surface area contributed by atoms with E-state index < -0.39 is 29.7 Å². The number of hydroxylamine groups is 2. The average Bonchev–Trinajstić information content (AvgIpc) is 2.81. The summed E-state index contributed by atoms with van der Waals surface area (Å²) < 4.78 is 10.2. The second kappa shape index (κ2) is 13.3. The van der Waals surface area contributed by atoms with E-state index in [2.05, 4.69) is 5.32 Å². The van der Waals surface area contributed by atoms with E-state index in [4.69, 9.17) is 14.3 Å². The minimum Gasteiger partial charge on any atom is -0.468 e. The Bertz CT molecular complexity index is 912. The minimum atomic E-state index is -0.832. The molecule has 0 aliphatic heterocycles. The topological polar surface area (TPSA) is 94.2 Å². The summed E-state index contributed by atoms with van der Waals surface area (Å²) in [7, 11) is 1.29. The standard InChI is InChI=1S/C26H34N2O6/c1-26(2,3)33-25(31)27-18-19-28(34-23(29)21-15-9-6-10-16-21)22(24(30)32-4)17-11-14-20-12-7-5-8-13-20/h5-10,12-13,15-16,22H,11,14,17-19H2,1-4H3,(H,27,31). The molecule has 0 fully saturated rings. The van der Waals surface area contributed by atoms with Crippen molar-refractivity contribution in [2.24, 2.45) is 0 Å². The van der Waals surface area contributed by atoms with Crippen LogP contribution in [0.4, 0.5) is 4.79 Å². The van der Waals surface area contributed by atoms with Gasteiger partial charge in [-0.25, -0.2) is 9.59 Å². The van der Waals surface area contributed by atoms with Crippen LogP contribution in [-0.4, -0.2) is 54.9 Å². The number of carbonyl (C=O) groups excluding carboxylic acids is 3. The molecule has 2 rings (SSSR count).